The Labute approximate surface area is 137 Å². The highest BCUT2D eigenvalue weighted by Crippen LogP contribution is 2.18. The molecule has 0 fully saturated rings. The Kier molecular flexibility index (Phi) is 6.17. The Morgan fingerprint density at radius 3 is 2.57 bits per heavy atom. The smallest absolute Gasteiger partial charge is 0.337 e. The first-order chi connectivity index (χ1) is 11.1. The fourth-order valence-corrected chi connectivity index (χ4v) is 2.48. The van der Waals surface area contributed by atoms with Gasteiger partial charge in [0.2, 0.25) is 0 Å². The molecule has 0 unspecified atom stereocenters. The first-order valence-electron chi connectivity index (χ1n) is 6.80. The van der Waals surface area contributed by atoms with Gasteiger partial charge in [-0.1, -0.05) is 12.1 Å². The molecule has 0 heterocycles. The predicted molar refractivity (Wildman–Crippen MR) is 84.7 cm³/mol. The van der Waals surface area contributed by atoms with Crippen molar-refractivity contribution in [1.29, 1.82) is 0 Å². The summed E-state index contributed by atoms with van der Waals surface area (Å²) in [5, 5.41) is 0. The van der Waals surface area contributed by atoms with Crippen LogP contribution in [0.2, 0.25) is 0 Å². The lowest BCUT2D eigenvalue weighted by atomic mass is 10.1. The van der Waals surface area contributed by atoms with E-state index in [9.17, 15) is 14.0 Å². The van der Waals surface area contributed by atoms with Crippen LogP contribution < -0.4 is 0 Å². The molecule has 120 valence electrons. The zero-order valence-electron chi connectivity index (χ0n) is 12.5. The molecule has 0 spiro atoms. The van der Waals surface area contributed by atoms with Gasteiger partial charge in [0.1, 0.15) is 12.4 Å². The fraction of sp³-hybridized carbons (Fsp3) is 0.176. The number of hydrogen-bond donors (Lipinski definition) is 0. The van der Waals surface area contributed by atoms with E-state index in [1.54, 1.807) is 36.4 Å². The highest BCUT2D eigenvalue weighted by molar-refractivity contribution is 8.00. The number of methoxy groups -OCH3 is 1. The van der Waals surface area contributed by atoms with Crippen molar-refractivity contribution in [3.05, 3.63) is 65.5 Å². The summed E-state index contributed by atoms with van der Waals surface area (Å²) in [6, 6.07) is 12.6. The van der Waals surface area contributed by atoms with Gasteiger partial charge in [-0.15, -0.1) is 11.8 Å². The Morgan fingerprint density at radius 2 is 1.87 bits per heavy atom. The molecule has 23 heavy (non-hydrogen) atoms. The Bertz CT molecular complexity index is 685. The number of ether oxygens (including phenoxy) is 2. The number of benzene rings is 2. The zero-order valence-corrected chi connectivity index (χ0v) is 13.3. The van der Waals surface area contributed by atoms with Crippen LogP contribution in [-0.4, -0.2) is 24.8 Å². The van der Waals surface area contributed by atoms with Crippen LogP contribution in [0.15, 0.2) is 53.4 Å². The van der Waals surface area contributed by atoms with Gasteiger partial charge in [-0.05, 0) is 42.0 Å². The van der Waals surface area contributed by atoms with E-state index in [0.29, 0.717) is 11.1 Å². The van der Waals surface area contributed by atoms with Gasteiger partial charge in [0.15, 0.2) is 0 Å². The molecule has 4 nitrogen and oxygen atoms in total. The molecular formula is C17H15FO4S. The summed E-state index contributed by atoms with van der Waals surface area (Å²) in [5.74, 6) is -1.02. The maximum absolute atomic E-state index is 12.8. The van der Waals surface area contributed by atoms with E-state index in [4.69, 9.17) is 4.74 Å². The molecule has 6 heteroatoms. The third-order valence-corrected chi connectivity index (χ3v) is 3.90. The fourth-order valence-electron chi connectivity index (χ4n) is 1.78. The van der Waals surface area contributed by atoms with Gasteiger partial charge in [-0.3, -0.25) is 4.79 Å². The van der Waals surface area contributed by atoms with Gasteiger partial charge in [0, 0.05) is 4.90 Å². The van der Waals surface area contributed by atoms with Crippen molar-refractivity contribution in [3.63, 3.8) is 0 Å². The number of esters is 2. The molecule has 0 aliphatic rings. The van der Waals surface area contributed by atoms with Crippen LogP contribution in [0.25, 0.3) is 0 Å². The van der Waals surface area contributed by atoms with Crippen LogP contribution in [-0.2, 0) is 20.9 Å². The molecule has 0 radical (unpaired) electrons. The summed E-state index contributed by atoms with van der Waals surface area (Å²) in [6.45, 7) is 0.0770. The summed E-state index contributed by atoms with van der Waals surface area (Å²) >= 11 is 1.27. The van der Waals surface area contributed by atoms with Gasteiger partial charge in [-0.25, -0.2) is 9.18 Å². The molecule has 2 aromatic rings. The molecule has 0 aromatic heterocycles. The number of halogens is 1. The molecule has 0 amide bonds. The van der Waals surface area contributed by atoms with E-state index in [1.165, 1.54) is 31.0 Å². The second-order valence-electron chi connectivity index (χ2n) is 4.60. The second kappa shape index (κ2) is 8.33. The van der Waals surface area contributed by atoms with Crippen molar-refractivity contribution >= 4 is 23.7 Å². The SMILES string of the molecule is COC(=O)c1cccc(COC(=O)CSc2ccc(F)cc2)c1. The third-order valence-electron chi connectivity index (χ3n) is 2.92. The first-order valence-corrected chi connectivity index (χ1v) is 7.78. The quantitative estimate of drug-likeness (QED) is 0.598. The van der Waals surface area contributed by atoms with Gasteiger partial charge in [0.05, 0.1) is 18.4 Å². The number of carbonyl (C=O) groups is 2. The molecule has 0 saturated heterocycles. The number of carbonyl (C=O) groups excluding carboxylic acids is 2. The second-order valence-corrected chi connectivity index (χ2v) is 5.64. The summed E-state index contributed by atoms with van der Waals surface area (Å²) < 4.78 is 22.6. The van der Waals surface area contributed by atoms with Crippen molar-refractivity contribution in [2.24, 2.45) is 0 Å². The summed E-state index contributed by atoms with van der Waals surface area (Å²) in [5.41, 5.74) is 1.11. The average molecular weight is 334 g/mol. The molecule has 0 atom stereocenters. The Morgan fingerprint density at radius 1 is 1.13 bits per heavy atom. The molecule has 0 aliphatic heterocycles. The minimum atomic E-state index is -0.440. The van der Waals surface area contributed by atoms with Crippen LogP contribution in [0.5, 0.6) is 0 Å². The average Bonchev–Trinajstić information content (AvgIpc) is 2.59. The largest absolute Gasteiger partial charge is 0.465 e. The lowest BCUT2D eigenvalue weighted by Crippen LogP contribution is -2.08. The van der Waals surface area contributed by atoms with E-state index < -0.39 is 5.97 Å². The minimum absolute atomic E-state index is 0.0770. The number of rotatable bonds is 6. The van der Waals surface area contributed by atoms with Crippen LogP contribution in [0, 0.1) is 5.82 Å². The molecule has 2 rings (SSSR count). The molecule has 2 aromatic carbocycles. The van der Waals surface area contributed by atoms with Gasteiger partial charge in [-0.2, -0.15) is 0 Å². The van der Waals surface area contributed by atoms with E-state index in [-0.39, 0.29) is 24.1 Å². The number of hydrogen-bond acceptors (Lipinski definition) is 5. The summed E-state index contributed by atoms with van der Waals surface area (Å²) in [7, 11) is 1.31. The van der Waals surface area contributed by atoms with E-state index in [2.05, 4.69) is 4.74 Å². The normalized spacial score (nSPS) is 10.2. The molecule has 0 bridgehead atoms. The molecular weight excluding hydrogens is 319 g/mol. The van der Waals surface area contributed by atoms with Crippen molar-refractivity contribution in [2.75, 3.05) is 12.9 Å². The lowest BCUT2D eigenvalue weighted by molar-refractivity contribution is -0.141. The summed E-state index contributed by atoms with van der Waals surface area (Å²) in [6.07, 6.45) is 0. The molecule has 0 saturated carbocycles. The van der Waals surface area contributed by atoms with Crippen molar-refractivity contribution in [3.8, 4) is 0 Å². The minimum Gasteiger partial charge on any atom is -0.465 e. The van der Waals surface area contributed by atoms with E-state index in [0.717, 1.165) is 4.90 Å². The lowest BCUT2D eigenvalue weighted by Gasteiger charge is -2.06. The first kappa shape index (κ1) is 17.0. The van der Waals surface area contributed by atoms with Gasteiger partial charge >= 0.3 is 11.9 Å². The number of thioether (sulfide) groups is 1. The van der Waals surface area contributed by atoms with Crippen molar-refractivity contribution in [1.82, 2.24) is 0 Å². The van der Waals surface area contributed by atoms with Gasteiger partial charge < -0.3 is 9.47 Å². The van der Waals surface area contributed by atoms with Crippen LogP contribution in [0.3, 0.4) is 0 Å². The van der Waals surface area contributed by atoms with Crippen molar-refractivity contribution in [2.45, 2.75) is 11.5 Å². The van der Waals surface area contributed by atoms with E-state index >= 15 is 0 Å². The van der Waals surface area contributed by atoms with Crippen LogP contribution >= 0.6 is 11.8 Å². The zero-order chi connectivity index (χ0) is 16.7. The standard InChI is InChI=1S/C17H15FO4S/c1-21-17(20)13-4-2-3-12(9-13)10-22-16(19)11-23-15-7-5-14(18)6-8-15/h2-9H,10-11H2,1H3. The van der Waals surface area contributed by atoms with Crippen LogP contribution in [0.4, 0.5) is 4.39 Å². The van der Waals surface area contributed by atoms with E-state index in [1.807, 2.05) is 0 Å². The topological polar surface area (TPSA) is 52.6 Å². The predicted octanol–water partition coefficient (Wildman–Crippen LogP) is 3.45. The maximum Gasteiger partial charge on any atom is 0.337 e. The Hall–Kier alpha value is -2.34. The summed E-state index contributed by atoms with van der Waals surface area (Å²) in [4.78, 5) is 23.9. The van der Waals surface area contributed by atoms with Gasteiger partial charge in [0.25, 0.3) is 0 Å². The third kappa shape index (κ3) is 5.41. The highest BCUT2D eigenvalue weighted by Gasteiger charge is 2.08. The van der Waals surface area contributed by atoms with Crippen LogP contribution in [0.1, 0.15) is 15.9 Å². The Balaban J connectivity index is 1.82. The highest BCUT2D eigenvalue weighted by atomic mass is 32.2. The maximum atomic E-state index is 12.8. The molecule has 0 aliphatic carbocycles. The monoisotopic (exact) mass is 334 g/mol. The molecule has 0 N–H and O–H groups in total. The van der Waals surface area contributed by atoms with Crippen molar-refractivity contribution < 1.29 is 23.5 Å².